The minimum atomic E-state index is -1.50. The van der Waals surface area contributed by atoms with Crippen LogP contribution in [0.25, 0.3) is 0 Å². The first-order valence-corrected chi connectivity index (χ1v) is 29.4. The first-order chi connectivity index (χ1) is 22.8. The van der Waals surface area contributed by atoms with Gasteiger partial charge in [-0.15, -0.1) is 0 Å². The van der Waals surface area contributed by atoms with Gasteiger partial charge >= 0.3 is 0 Å². The van der Waals surface area contributed by atoms with E-state index in [9.17, 15) is 5.11 Å². The van der Waals surface area contributed by atoms with E-state index in [1.165, 1.54) is 89.9 Å². The second kappa shape index (κ2) is 28.7. The van der Waals surface area contributed by atoms with Crippen molar-refractivity contribution in [1.29, 1.82) is 0 Å². The normalized spacial score (nSPS) is 16.1. The van der Waals surface area contributed by atoms with Crippen molar-refractivity contribution in [3.63, 3.8) is 0 Å². The van der Waals surface area contributed by atoms with Crippen LogP contribution in [0.1, 0.15) is 137 Å². The Hall–Kier alpha value is 0.161. The molecule has 48 heavy (non-hydrogen) atoms. The van der Waals surface area contributed by atoms with Crippen molar-refractivity contribution in [2.24, 2.45) is 17.3 Å². The highest BCUT2D eigenvalue weighted by molar-refractivity contribution is 6.77. The molecule has 0 saturated carbocycles. The van der Waals surface area contributed by atoms with Crippen LogP contribution in [-0.2, 0) is 18.3 Å². The molecule has 0 aromatic rings. The van der Waals surface area contributed by atoms with Crippen LogP contribution in [-0.4, -0.2) is 82.1 Å². The summed E-state index contributed by atoms with van der Waals surface area (Å²) in [5.41, 5.74) is 2.95. The number of aliphatic hydroxyl groups is 1. The summed E-state index contributed by atoms with van der Waals surface area (Å²) < 4.78 is 25.1. The van der Waals surface area contributed by atoms with Crippen LogP contribution < -0.4 is 0 Å². The van der Waals surface area contributed by atoms with Crippen molar-refractivity contribution < 1.29 is 23.4 Å². The van der Waals surface area contributed by atoms with Gasteiger partial charge in [-0.25, -0.2) is 0 Å². The van der Waals surface area contributed by atoms with Crippen LogP contribution in [0.4, 0.5) is 0 Å². The highest BCUT2D eigenvalue weighted by atomic mass is 28.4. The topological polar surface area (TPSA) is 57.2 Å². The standard InChI is InChI=1S/C40H86O5Si3/c1-12-16-25-37(32-44-46(5)31-18-14-3)26-22-24-30-43-36-40(15-4,34-41)35-42-29-23-20-19-21-28-39(47(6,7)8)38(27-17-13-2)33-45-48(9,10)11/h31,37-39,41H,12-30,32-36H2,1-11H3/b46-31+. The Kier molecular flexibility index (Phi) is 28.8. The van der Waals surface area contributed by atoms with Gasteiger partial charge in [0.2, 0.25) is 8.65 Å². The molecule has 0 heterocycles. The zero-order chi connectivity index (χ0) is 36.3. The Morgan fingerprint density at radius 2 is 1.25 bits per heavy atom. The maximum Gasteiger partial charge on any atom is 0.224 e. The molecule has 8 heteroatoms. The first kappa shape index (κ1) is 48.2. The van der Waals surface area contributed by atoms with Crippen LogP contribution in [0.15, 0.2) is 0 Å². The second-order valence-electron chi connectivity index (χ2n) is 17.0. The third-order valence-electron chi connectivity index (χ3n) is 10.2. The van der Waals surface area contributed by atoms with Crippen molar-refractivity contribution in [1.82, 2.24) is 0 Å². The minimum absolute atomic E-state index is 0.120. The molecule has 1 N–H and O–H groups in total. The number of hydrogen-bond acceptors (Lipinski definition) is 5. The number of ether oxygens (including phenoxy) is 2. The molecule has 0 radical (unpaired) electrons. The lowest BCUT2D eigenvalue weighted by atomic mass is 9.88. The van der Waals surface area contributed by atoms with E-state index < -0.39 is 25.0 Å². The summed E-state index contributed by atoms with van der Waals surface area (Å²) in [7, 11) is -3.53. The van der Waals surface area contributed by atoms with E-state index in [0.29, 0.717) is 19.1 Å². The van der Waals surface area contributed by atoms with E-state index in [1.54, 1.807) is 0 Å². The summed E-state index contributed by atoms with van der Waals surface area (Å²) in [4.78, 5) is 0. The molecule has 0 aliphatic rings. The number of aliphatic hydroxyl groups excluding tert-OH is 1. The Labute approximate surface area is 304 Å². The van der Waals surface area contributed by atoms with E-state index in [4.69, 9.17) is 18.3 Å². The molecule has 0 aromatic heterocycles. The highest BCUT2D eigenvalue weighted by Gasteiger charge is 2.34. The van der Waals surface area contributed by atoms with Gasteiger partial charge in [-0.1, -0.05) is 117 Å². The summed E-state index contributed by atoms with van der Waals surface area (Å²) in [6.07, 6.45) is 20.7. The molecule has 0 saturated heterocycles. The predicted octanol–water partition coefficient (Wildman–Crippen LogP) is 11.5. The lowest BCUT2D eigenvalue weighted by Crippen LogP contribution is -2.38. The molecule has 0 amide bonds. The van der Waals surface area contributed by atoms with Crippen LogP contribution in [0.5, 0.6) is 0 Å². The third kappa shape index (κ3) is 25.2. The largest absolute Gasteiger partial charge is 0.551 e. The van der Waals surface area contributed by atoms with Gasteiger partial charge < -0.3 is 23.4 Å². The molecule has 5 nitrogen and oxygen atoms in total. The van der Waals surface area contributed by atoms with Crippen LogP contribution in [0, 0.1) is 17.3 Å². The van der Waals surface area contributed by atoms with Gasteiger partial charge in [-0.3, -0.25) is 0 Å². The fourth-order valence-electron chi connectivity index (χ4n) is 6.64. The van der Waals surface area contributed by atoms with E-state index in [0.717, 1.165) is 57.1 Å². The Morgan fingerprint density at radius 1 is 0.688 bits per heavy atom. The highest BCUT2D eigenvalue weighted by Crippen LogP contribution is 2.38. The number of hydrogen-bond donors (Lipinski definition) is 1. The molecule has 0 aliphatic heterocycles. The van der Waals surface area contributed by atoms with Gasteiger partial charge in [0.1, 0.15) is 0 Å². The van der Waals surface area contributed by atoms with Gasteiger partial charge in [-0.2, -0.15) is 0 Å². The van der Waals surface area contributed by atoms with Crippen molar-refractivity contribution in [2.45, 2.75) is 188 Å². The lowest BCUT2D eigenvalue weighted by Gasteiger charge is -2.37. The summed E-state index contributed by atoms with van der Waals surface area (Å²) >= 11 is 0. The first-order valence-electron chi connectivity index (χ1n) is 20.5. The average molecular weight is 731 g/mol. The quantitative estimate of drug-likeness (QED) is 0.0528. The van der Waals surface area contributed by atoms with E-state index in [2.05, 4.69) is 79.2 Å². The van der Waals surface area contributed by atoms with Crippen molar-refractivity contribution >= 4 is 30.7 Å². The Morgan fingerprint density at radius 3 is 1.79 bits per heavy atom. The van der Waals surface area contributed by atoms with Gasteiger partial charge in [0.05, 0.1) is 26.4 Å². The fourth-order valence-corrected chi connectivity index (χ4v) is 11.4. The molecule has 288 valence electrons. The Bertz CT molecular complexity index is 761. The molecule has 0 fully saturated rings. The minimum Gasteiger partial charge on any atom is -0.551 e. The van der Waals surface area contributed by atoms with Crippen molar-refractivity contribution in [3.8, 4) is 0 Å². The lowest BCUT2D eigenvalue weighted by molar-refractivity contribution is -0.0542. The molecule has 0 rings (SSSR count). The van der Waals surface area contributed by atoms with Gasteiger partial charge in [0.25, 0.3) is 0 Å². The summed E-state index contributed by atoms with van der Waals surface area (Å²) in [6.45, 7) is 30.7. The van der Waals surface area contributed by atoms with Crippen LogP contribution in [0.3, 0.4) is 0 Å². The van der Waals surface area contributed by atoms with Crippen molar-refractivity contribution in [2.75, 3.05) is 46.2 Å². The Balaban J connectivity index is 4.49. The number of unbranched alkanes of at least 4 members (excludes halogenated alkanes) is 7. The van der Waals surface area contributed by atoms with Crippen LogP contribution >= 0.6 is 0 Å². The second-order valence-corrected chi connectivity index (χ2v) is 28.9. The number of rotatable bonds is 34. The predicted molar refractivity (Wildman–Crippen MR) is 219 cm³/mol. The van der Waals surface area contributed by atoms with Gasteiger partial charge in [0.15, 0.2) is 8.32 Å². The maximum atomic E-state index is 10.3. The van der Waals surface area contributed by atoms with Gasteiger partial charge in [0, 0.05) is 33.3 Å². The molecule has 0 spiro atoms. The van der Waals surface area contributed by atoms with Crippen molar-refractivity contribution in [3.05, 3.63) is 0 Å². The smallest absolute Gasteiger partial charge is 0.224 e. The average Bonchev–Trinajstić information content (AvgIpc) is 3.04. The summed E-state index contributed by atoms with van der Waals surface area (Å²) in [6, 6.07) is 0. The fraction of sp³-hybridized carbons (Fsp3) is 0.975. The monoisotopic (exact) mass is 731 g/mol. The summed E-state index contributed by atoms with van der Waals surface area (Å²) in [5, 5.41) is 10.3. The third-order valence-corrected chi connectivity index (χ3v) is 15.7. The molecule has 0 aliphatic carbocycles. The van der Waals surface area contributed by atoms with E-state index in [1.807, 2.05) is 0 Å². The molecular formula is C40H86O5Si3. The molecule has 4 atom stereocenters. The van der Waals surface area contributed by atoms with E-state index >= 15 is 0 Å². The molecule has 4 unspecified atom stereocenters. The SMILES string of the molecule is CCC/C=[Si](\C)OCC(CCCC)CCCCOCC(CC)(CO)COCCCCCCC(C(CCCC)CO[Si](C)(C)C)[Si](C)(C)C. The molecule has 0 bridgehead atoms. The van der Waals surface area contributed by atoms with Gasteiger partial charge in [-0.05, 0) is 88.5 Å². The summed E-state index contributed by atoms with van der Waals surface area (Å²) in [5.74, 6) is 1.39. The zero-order valence-corrected chi connectivity index (χ0v) is 37.4. The molecule has 0 aromatic carbocycles. The maximum absolute atomic E-state index is 10.3. The van der Waals surface area contributed by atoms with Crippen LogP contribution in [0.2, 0.25) is 51.4 Å². The zero-order valence-electron chi connectivity index (χ0n) is 34.4. The van der Waals surface area contributed by atoms with E-state index in [-0.39, 0.29) is 12.0 Å². The molecular weight excluding hydrogens is 645 g/mol.